The number of nitrogens with zero attached hydrogens (tertiary/aromatic N) is 3. The Bertz CT molecular complexity index is 1620. The number of hydrogen-bond acceptors (Lipinski definition) is 5. The van der Waals surface area contributed by atoms with Gasteiger partial charge in [0.05, 0.1) is 23.8 Å². The number of benzene rings is 2. The average Bonchev–Trinajstić information content (AvgIpc) is 3.36. The minimum Gasteiger partial charge on any atom is -0.354 e. The molecule has 0 amide bonds. The zero-order valence-electron chi connectivity index (χ0n) is 17.0. The Hall–Kier alpha value is -3.52. The van der Waals surface area contributed by atoms with E-state index in [9.17, 15) is 35.2 Å². The highest BCUT2D eigenvalue weighted by atomic mass is 32.2. The molecule has 0 spiro atoms. The number of sulfonamides is 1. The Balaban J connectivity index is 1.73. The summed E-state index contributed by atoms with van der Waals surface area (Å²) >= 11 is 0. The zero-order chi connectivity index (χ0) is 24.6. The number of imidazole rings is 1. The average molecular weight is 500 g/mol. The van der Waals surface area contributed by atoms with Gasteiger partial charge in [-0.1, -0.05) is 11.2 Å². The molecule has 5 rings (SSSR count). The van der Waals surface area contributed by atoms with Gasteiger partial charge in [0.1, 0.15) is 29.2 Å². The third-order valence-electron chi connectivity index (χ3n) is 5.49. The van der Waals surface area contributed by atoms with Crippen LogP contribution in [0.2, 0.25) is 0 Å². The van der Waals surface area contributed by atoms with Gasteiger partial charge >= 0.3 is 11.6 Å². The molecule has 4 aromatic rings. The van der Waals surface area contributed by atoms with Crippen LogP contribution in [0.4, 0.5) is 22.0 Å². The second kappa shape index (κ2) is 7.24. The van der Waals surface area contributed by atoms with Crippen LogP contribution in [-0.2, 0) is 22.5 Å². The number of alkyl halides is 2. The second-order valence-corrected chi connectivity index (χ2v) is 9.52. The van der Waals surface area contributed by atoms with Gasteiger partial charge in [-0.3, -0.25) is 4.57 Å². The van der Waals surface area contributed by atoms with Gasteiger partial charge in [0, 0.05) is 11.8 Å². The molecule has 14 heteroatoms. The molecule has 1 aliphatic rings. The van der Waals surface area contributed by atoms with E-state index in [2.05, 4.69) is 5.16 Å². The Morgan fingerprint density at radius 2 is 1.74 bits per heavy atom. The SMILES string of the molecule is CS(=O)(=O)N[C@@H]1Cn2c(cn(-c3noc4ccc(F)c(-c5c(F)cccc5F)c34)c2=O)C1(F)F. The van der Waals surface area contributed by atoms with E-state index in [-0.39, 0.29) is 11.0 Å². The lowest BCUT2D eigenvalue weighted by molar-refractivity contribution is -0.0248. The molecule has 178 valence electrons. The number of fused-ring (bicyclic) bond motifs is 2. The Morgan fingerprint density at radius 3 is 2.35 bits per heavy atom. The van der Waals surface area contributed by atoms with E-state index in [0.717, 1.165) is 30.3 Å². The van der Waals surface area contributed by atoms with Crippen LogP contribution >= 0.6 is 0 Å². The summed E-state index contributed by atoms with van der Waals surface area (Å²) in [6.45, 7) is -0.694. The Kier molecular flexibility index (Phi) is 4.74. The Morgan fingerprint density at radius 1 is 1.09 bits per heavy atom. The first-order chi connectivity index (χ1) is 15.9. The summed E-state index contributed by atoms with van der Waals surface area (Å²) in [4.78, 5) is 13.0. The van der Waals surface area contributed by atoms with Crippen LogP contribution in [-0.4, -0.2) is 35.0 Å². The van der Waals surface area contributed by atoms with Crippen molar-refractivity contribution in [1.82, 2.24) is 19.0 Å². The molecule has 0 saturated carbocycles. The third kappa shape index (κ3) is 3.24. The van der Waals surface area contributed by atoms with E-state index in [4.69, 9.17) is 4.52 Å². The van der Waals surface area contributed by atoms with Crippen LogP contribution in [0.25, 0.3) is 27.9 Å². The van der Waals surface area contributed by atoms with Crippen molar-refractivity contribution < 1.29 is 34.9 Å². The highest BCUT2D eigenvalue weighted by Gasteiger charge is 2.52. The van der Waals surface area contributed by atoms with Crippen LogP contribution in [0.5, 0.6) is 0 Å². The molecule has 34 heavy (non-hydrogen) atoms. The molecule has 1 N–H and O–H groups in total. The third-order valence-corrected chi connectivity index (χ3v) is 6.20. The molecule has 0 aliphatic carbocycles. The monoisotopic (exact) mass is 500 g/mol. The van der Waals surface area contributed by atoms with E-state index in [1.54, 1.807) is 4.72 Å². The molecule has 0 fully saturated rings. The van der Waals surface area contributed by atoms with Gasteiger partial charge in [-0.15, -0.1) is 0 Å². The lowest BCUT2D eigenvalue weighted by Gasteiger charge is -2.18. The topological polar surface area (TPSA) is 99.1 Å². The Labute approximate surface area is 187 Å². The van der Waals surface area contributed by atoms with Crippen molar-refractivity contribution in [3.63, 3.8) is 0 Å². The summed E-state index contributed by atoms with van der Waals surface area (Å²) in [7, 11) is -4.01. The van der Waals surface area contributed by atoms with Gasteiger partial charge in [-0.2, -0.15) is 8.78 Å². The van der Waals surface area contributed by atoms with Crippen LogP contribution in [0.1, 0.15) is 5.69 Å². The summed E-state index contributed by atoms with van der Waals surface area (Å²) in [6.07, 6.45) is 1.41. The normalized spacial score (nSPS) is 17.4. The fourth-order valence-corrected chi connectivity index (χ4v) is 4.80. The predicted octanol–water partition coefficient (Wildman–Crippen LogP) is 2.89. The number of hydrogen-bond donors (Lipinski definition) is 1. The molecule has 0 radical (unpaired) electrons. The van der Waals surface area contributed by atoms with Gasteiger partial charge in [0.15, 0.2) is 11.4 Å². The van der Waals surface area contributed by atoms with Crippen LogP contribution in [0.15, 0.2) is 45.8 Å². The molecule has 0 saturated heterocycles. The standard InChI is InChI=1S/C20H13F5N4O4S/c1-34(31,32)27-13-7-28-14(20(13,24)25)8-29(19(28)30)18-17-12(33-26-18)6-5-11(23)16(17)15-9(21)3-2-4-10(15)22/h2-6,8,13,27H,7H2,1H3/t13-/m1/s1. The second-order valence-electron chi connectivity index (χ2n) is 7.74. The van der Waals surface area contributed by atoms with E-state index < -0.39 is 74.3 Å². The van der Waals surface area contributed by atoms with Crippen molar-refractivity contribution in [3.05, 3.63) is 70.2 Å². The molecule has 8 nitrogen and oxygen atoms in total. The zero-order valence-corrected chi connectivity index (χ0v) is 17.8. The highest BCUT2D eigenvalue weighted by Crippen LogP contribution is 2.40. The maximum atomic E-state index is 14.9. The number of nitrogens with one attached hydrogen (secondary N) is 1. The quantitative estimate of drug-likeness (QED) is 0.435. The van der Waals surface area contributed by atoms with Crippen LogP contribution in [0.3, 0.4) is 0 Å². The lowest BCUT2D eigenvalue weighted by atomic mass is 9.99. The van der Waals surface area contributed by atoms with Gasteiger partial charge < -0.3 is 4.52 Å². The summed E-state index contributed by atoms with van der Waals surface area (Å²) in [5.41, 5.74) is -3.41. The van der Waals surface area contributed by atoms with Crippen molar-refractivity contribution >= 4 is 21.0 Å². The van der Waals surface area contributed by atoms with Gasteiger partial charge in [-0.25, -0.2) is 35.7 Å². The molecular formula is C20H13F5N4O4S. The van der Waals surface area contributed by atoms with Gasteiger partial charge in [-0.05, 0) is 24.3 Å². The molecule has 2 aromatic carbocycles. The van der Waals surface area contributed by atoms with E-state index in [1.807, 2.05) is 0 Å². The molecule has 1 atom stereocenters. The summed E-state index contributed by atoms with van der Waals surface area (Å²) in [5.74, 6) is -7.53. The van der Waals surface area contributed by atoms with E-state index >= 15 is 0 Å². The molecule has 3 heterocycles. The first kappa shape index (κ1) is 22.3. The highest BCUT2D eigenvalue weighted by molar-refractivity contribution is 7.88. The maximum Gasteiger partial charge on any atom is 0.334 e. The number of rotatable bonds is 4. The minimum atomic E-state index is -4.01. The first-order valence-electron chi connectivity index (χ1n) is 9.60. The van der Waals surface area contributed by atoms with Gasteiger partial charge in [0.2, 0.25) is 10.0 Å². The molecule has 1 aliphatic heterocycles. The van der Waals surface area contributed by atoms with Crippen molar-refractivity contribution in [3.8, 4) is 16.9 Å². The molecule has 0 bridgehead atoms. The molecular weight excluding hydrogens is 487 g/mol. The van der Waals surface area contributed by atoms with Crippen LogP contribution < -0.4 is 10.4 Å². The van der Waals surface area contributed by atoms with Crippen molar-refractivity contribution in [1.29, 1.82) is 0 Å². The molecule has 0 unspecified atom stereocenters. The summed E-state index contributed by atoms with van der Waals surface area (Å²) in [6, 6.07) is 2.97. The molecule has 2 aromatic heterocycles. The number of halogens is 5. The smallest absolute Gasteiger partial charge is 0.334 e. The van der Waals surface area contributed by atoms with E-state index in [0.29, 0.717) is 21.6 Å². The number of aromatic nitrogens is 3. The largest absolute Gasteiger partial charge is 0.354 e. The lowest BCUT2D eigenvalue weighted by Crippen LogP contribution is -2.44. The van der Waals surface area contributed by atoms with Crippen LogP contribution in [0, 0.1) is 17.5 Å². The van der Waals surface area contributed by atoms with Crippen molar-refractivity contribution in [2.75, 3.05) is 6.26 Å². The van der Waals surface area contributed by atoms with Crippen molar-refractivity contribution in [2.45, 2.75) is 18.5 Å². The van der Waals surface area contributed by atoms with E-state index in [1.165, 1.54) is 0 Å². The maximum absolute atomic E-state index is 14.9. The summed E-state index contributed by atoms with van der Waals surface area (Å²) in [5, 5.41) is 3.34. The fourth-order valence-electron chi connectivity index (χ4n) is 4.06. The minimum absolute atomic E-state index is 0.157. The predicted molar refractivity (Wildman–Crippen MR) is 109 cm³/mol. The summed E-state index contributed by atoms with van der Waals surface area (Å²) < 4.78 is 105. The van der Waals surface area contributed by atoms with Crippen molar-refractivity contribution in [2.24, 2.45) is 0 Å². The van der Waals surface area contributed by atoms with Gasteiger partial charge in [0.25, 0.3) is 0 Å². The fraction of sp³-hybridized carbons (Fsp3) is 0.200. The first-order valence-corrected chi connectivity index (χ1v) is 11.5.